The largest absolute Gasteiger partial charge is 0.488 e. The molecule has 0 spiro atoms. The van der Waals surface area contributed by atoms with Gasteiger partial charge in [-0.2, -0.15) is 4.98 Å². The smallest absolute Gasteiger partial charge is 0.225 e. The zero-order valence-electron chi connectivity index (χ0n) is 20.9. The molecule has 0 aliphatic rings. The molecule has 0 unspecified atom stereocenters. The van der Waals surface area contributed by atoms with Crippen LogP contribution < -0.4 is 14.2 Å². The van der Waals surface area contributed by atoms with Crippen molar-refractivity contribution in [3.05, 3.63) is 144 Å². The molecule has 186 valence electrons. The van der Waals surface area contributed by atoms with Crippen LogP contribution in [-0.2, 0) is 19.8 Å². The summed E-state index contributed by atoms with van der Waals surface area (Å²) in [5.41, 5.74) is 5.55. The van der Waals surface area contributed by atoms with Gasteiger partial charge in [0.1, 0.15) is 25.6 Å². The molecule has 5 rings (SSSR count). The molecule has 0 radical (unpaired) electrons. The van der Waals surface area contributed by atoms with Crippen LogP contribution in [0, 0.1) is 12.3 Å². The van der Waals surface area contributed by atoms with E-state index in [1.54, 1.807) is 0 Å². The minimum absolute atomic E-state index is 0.378. The average Bonchev–Trinajstić information content (AvgIpc) is 2.99. The lowest BCUT2D eigenvalue weighted by molar-refractivity contribution is 0.268. The van der Waals surface area contributed by atoms with Gasteiger partial charge in [-0.1, -0.05) is 103 Å². The number of hydrogen-bond acceptors (Lipinski definition) is 4. The summed E-state index contributed by atoms with van der Waals surface area (Å²) in [6.45, 7) is 1.23. The van der Waals surface area contributed by atoms with E-state index in [1.807, 2.05) is 121 Å². The zero-order valence-corrected chi connectivity index (χ0v) is 20.9. The summed E-state index contributed by atoms with van der Waals surface area (Å²) in [6.07, 6.45) is 5.86. The van der Waals surface area contributed by atoms with Gasteiger partial charge in [-0.25, -0.2) is 0 Å². The van der Waals surface area contributed by atoms with Crippen LogP contribution in [-0.4, -0.2) is 4.98 Å². The first-order valence-electron chi connectivity index (χ1n) is 12.4. The van der Waals surface area contributed by atoms with Crippen molar-refractivity contribution in [3.8, 4) is 41.0 Å². The van der Waals surface area contributed by atoms with Gasteiger partial charge in [0.2, 0.25) is 11.8 Å². The monoisotopic (exact) mass is 497 g/mol. The number of aromatic nitrogens is 1. The summed E-state index contributed by atoms with van der Waals surface area (Å²) in [5.74, 6) is 4.37. The van der Waals surface area contributed by atoms with Crippen LogP contribution in [0.1, 0.15) is 22.3 Å². The molecule has 0 fully saturated rings. The van der Waals surface area contributed by atoms with E-state index in [-0.39, 0.29) is 0 Å². The molecule has 0 aliphatic carbocycles. The molecule has 0 aliphatic heterocycles. The van der Waals surface area contributed by atoms with E-state index < -0.39 is 0 Å². The van der Waals surface area contributed by atoms with Crippen LogP contribution in [0.2, 0.25) is 0 Å². The Balaban J connectivity index is 1.40. The van der Waals surface area contributed by atoms with Crippen LogP contribution >= 0.6 is 0 Å². The van der Waals surface area contributed by atoms with Crippen molar-refractivity contribution in [2.75, 3.05) is 0 Å². The SMILES string of the molecule is C#Cc1cc(-c2ccc(OCc3ccccc3)nc2OCc2ccccc2)ccc1OCc1ccccc1. The fraction of sp³-hybridized carbons (Fsp3) is 0.0882. The van der Waals surface area contributed by atoms with Crippen LogP contribution in [0.3, 0.4) is 0 Å². The maximum Gasteiger partial charge on any atom is 0.225 e. The van der Waals surface area contributed by atoms with E-state index in [9.17, 15) is 0 Å². The fourth-order valence-electron chi connectivity index (χ4n) is 3.96. The van der Waals surface area contributed by atoms with E-state index in [1.165, 1.54) is 0 Å². The van der Waals surface area contributed by atoms with Gasteiger partial charge in [-0.05, 0) is 40.5 Å². The predicted octanol–water partition coefficient (Wildman–Crippen LogP) is 7.47. The van der Waals surface area contributed by atoms with Gasteiger partial charge in [0.25, 0.3) is 0 Å². The van der Waals surface area contributed by atoms with Crippen LogP contribution in [0.5, 0.6) is 17.5 Å². The summed E-state index contributed by atoms with van der Waals surface area (Å²) in [6, 6.07) is 39.6. The molecule has 0 saturated heterocycles. The summed E-state index contributed by atoms with van der Waals surface area (Å²) < 4.78 is 18.2. The molecule has 1 aromatic heterocycles. The lowest BCUT2D eigenvalue weighted by atomic mass is 10.0. The topological polar surface area (TPSA) is 40.6 Å². The number of pyridine rings is 1. The molecule has 4 nitrogen and oxygen atoms in total. The Hall–Kier alpha value is -5.01. The van der Waals surface area contributed by atoms with Gasteiger partial charge in [-0.15, -0.1) is 6.42 Å². The van der Waals surface area contributed by atoms with Gasteiger partial charge in [0.15, 0.2) is 0 Å². The zero-order chi connectivity index (χ0) is 26.0. The number of rotatable bonds is 10. The van der Waals surface area contributed by atoms with Gasteiger partial charge >= 0.3 is 0 Å². The minimum atomic E-state index is 0.378. The van der Waals surface area contributed by atoms with E-state index in [0.717, 1.165) is 27.8 Å². The Morgan fingerprint density at radius 2 is 1.13 bits per heavy atom. The molecule has 0 N–H and O–H groups in total. The Morgan fingerprint density at radius 1 is 0.579 bits per heavy atom. The Bertz CT molecular complexity index is 1510. The summed E-state index contributed by atoms with van der Waals surface area (Å²) in [5, 5.41) is 0. The highest BCUT2D eigenvalue weighted by atomic mass is 16.5. The van der Waals surface area contributed by atoms with Crippen molar-refractivity contribution in [1.82, 2.24) is 4.98 Å². The Labute approximate surface area is 223 Å². The maximum atomic E-state index is 6.21. The lowest BCUT2D eigenvalue weighted by Gasteiger charge is -2.15. The Morgan fingerprint density at radius 3 is 1.71 bits per heavy atom. The molecule has 0 bridgehead atoms. The van der Waals surface area contributed by atoms with Crippen molar-refractivity contribution in [2.24, 2.45) is 0 Å². The molecular weight excluding hydrogens is 470 g/mol. The van der Waals surface area contributed by atoms with Crippen LogP contribution in [0.15, 0.2) is 121 Å². The fourth-order valence-corrected chi connectivity index (χ4v) is 3.96. The molecule has 0 atom stereocenters. The summed E-state index contributed by atoms with van der Waals surface area (Å²) >= 11 is 0. The second-order valence-corrected chi connectivity index (χ2v) is 8.68. The van der Waals surface area contributed by atoms with Gasteiger partial charge < -0.3 is 14.2 Å². The Kier molecular flexibility index (Phi) is 7.98. The molecule has 0 amide bonds. The quantitative estimate of drug-likeness (QED) is 0.188. The first-order chi connectivity index (χ1) is 18.8. The maximum absolute atomic E-state index is 6.21. The third-order valence-electron chi connectivity index (χ3n) is 5.97. The third-order valence-corrected chi connectivity index (χ3v) is 5.97. The average molecular weight is 498 g/mol. The second kappa shape index (κ2) is 12.3. The van der Waals surface area contributed by atoms with Crippen LogP contribution in [0.4, 0.5) is 0 Å². The van der Waals surface area contributed by atoms with E-state index in [0.29, 0.717) is 42.9 Å². The summed E-state index contributed by atoms with van der Waals surface area (Å²) in [4.78, 5) is 4.71. The van der Waals surface area contributed by atoms with Gasteiger partial charge in [0.05, 0.1) is 5.56 Å². The minimum Gasteiger partial charge on any atom is -0.488 e. The number of ether oxygens (including phenoxy) is 3. The van der Waals surface area contributed by atoms with Crippen molar-refractivity contribution in [1.29, 1.82) is 0 Å². The first-order valence-corrected chi connectivity index (χ1v) is 12.4. The number of terminal acetylenes is 1. The summed E-state index contributed by atoms with van der Waals surface area (Å²) in [7, 11) is 0. The highest BCUT2D eigenvalue weighted by Crippen LogP contribution is 2.34. The van der Waals surface area contributed by atoms with Crippen molar-refractivity contribution in [3.63, 3.8) is 0 Å². The second-order valence-electron chi connectivity index (χ2n) is 8.68. The number of benzene rings is 4. The first kappa shape index (κ1) is 24.7. The van der Waals surface area contributed by atoms with Gasteiger partial charge in [0, 0.05) is 11.6 Å². The number of hydrogen-bond donors (Lipinski definition) is 0. The lowest BCUT2D eigenvalue weighted by Crippen LogP contribution is -2.03. The van der Waals surface area contributed by atoms with E-state index >= 15 is 0 Å². The number of nitrogens with zero attached hydrogens (tertiary/aromatic N) is 1. The molecule has 4 heteroatoms. The molecular formula is C34H27NO3. The molecule has 4 aromatic carbocycles. The van der Waals surface area contributed by atoms with E-state index in [4.69, 9.17) is 25.6 Å². The van der Waals surface area contributed by atoms with Crippen molar-refractivity contribution < 1.29 is 14.2 Å². The highest BCUT2D eigenvalue weighted by molar-refractivity contribution is 5.72. The third kappa shape index (κ3) is 6.40. The van der Waals surface area contributed by atoms with Crippen molar-refractivity contribution in [2.45, 2.75) is 19.8 Å². The molecule has 1 heterocycles. The molecule has 38 heavy (non-hydrogen) atoms. The van der Waals surface area contributed by atoms with Crippen LogP contribution in [0.25, 0.3) is 11.1 Å². The normalized spacial score (nSPS) is 10.4. The molecule has 5 aromatic rings. The van der Waals surface area contributed by atoms with Crippen molar-refractivity contribution >= 4 is 0 Å². The standard InChI is InChI=1S/C34H27NO3/c1-2-29-22-30(18-20-32(29)36-23-26-12-6-3-7-13-26)31-19-21-33(37-24-27-14-8-4-9-15-27)35-34(31)38-25-28-16-10-5-11-17-28/h1,3-22H,23-25H2. The molecule has 0 saturated carbocycles. The van der Waals surface area contributed by atoms with Gasteiger partial charge in [-0.3, -0.25) is 0 Å². The van der Waals surface area contributed by atoms with E-state index in [2.05, 4.69) is 5.92 Å². The highest BCUT2D eigenvalue weighted by Gasteiger charge is 2.14. The predicted molar refractivity (Wildman–Crippen MR) is 150 cm³/mol.